The maximum absolute atomic E-state index is 11.5. The maximum atomic E-state index is 11.5. The predicted octanol–water partition coefficient (Wildman–Crippen LogP) is 0.0740. The third kappa shape index (κ3) is 2.45. The highest BCUT2D eigenvalue weighted by Crippen LogP contribution is 2.28. The van der Waals surface area contributed by atoms with Crippen LogP contribution in [0.15, 0.2) is 18.2 Å². The molecule has 1 aliphatic rings. The molecular weight excluding hydrogens is 252 g/mol. The van der Waals surface area contributed by atoms with Crippen LogP contribution in [0.25, 0.3) is 0 Å². The predicted molar refractivity (Wildman–Crippen MR) is 64.6 cm³/mol. The Morgan fingerprint density at radius 3 is 2.47 bits per heavy atom. The number of hydrogen-bond donors (Lipinski definition) is 2. The summed E-state index contributed by atoms with van der Waals surface area (Å²) in [5.74, 6) is 0.361. The Bertz CT molecular complexity index is 517. The van der Waals surface area contributed by atoms with E-state index in [1.165, 1.54) is 14.2 Å². The molecule has 1 aliphatic heterocycles. The topological polar surface area (TPSA) is 88.1 Å². The van der Waals surface area contributed by atoms with Gasteiger partial charge < -0.3 is 14.6 Å². The van der Waals surface area contributed by atoms with E-state index in [9.17, 15) is 14.7 Å². The fourth-order valence-electron chi connectivity index (χ4n) is 1.83. The van der Waals surface area contributed by atoms with Crippen molar-refractivity contribution in [1.29, 1.82) is 0 Å². The highest BCUT2D eigenvalue weighted by atomic mass is 16.5. The summed E-state index contributed by atoms with van der Waals surface area (Å²) in [6.45, 7) is 0.0963. The maximum Gasteiger partial charge on any atom is 0.326 e. The number of hydrogen-bond acceptors (Lipinski definition) is 5. The first-order valence-electron chi connectivity index (χ1n) is 5.57. The van der Waals surface area contributed by atoms with Gasteiger partial charge in [-0.1, -0.05) is 6.07 Å². The van der Waals surface area contributed by atoms with Gasteiger partial charge in [0.25, 0.3) is 5.91 Å². The van der Waals surface area contributed by atoms with E-state index in [4.69, 9.17) is 9.47 Å². The van der Waals surface area contributed by atoms with E-state index in [0.29, 0.717) is 17.1 Å². The van der Waals surface area contributed by atoms with Gasteiger partial charge in [0.05, 0.1) is 20.8 Å². The lowest BCUT2D eigenvalue weighted by Crippen LogP contribution is -2.34. The number of aliphatic hydroxyl groups excluding tert-OH is 1. The van der Waals surface area contributed by atoms with Gasteiger partial charge in [-0.25, -0.2) is 4.79 Å². The summed E-state index contributed by atoms with van der Waals surface area (Å²) in [7, 11) is 3.02. The lowest BCUT2D eigenvalue weighted by molar-refractivity contribution is -0.130. The lowest BCUT2D eigenvalue weighted by Gasteiger charge is -2.18. The molecule has 19 heavy (non-hydrogen) atoms. The van der Waals surface area contributed by atoms with E-state index in [-0.39, 0.29) is 6.54 Å². The minimum atomic E-state index is -1.46. The van der Waals surface area contributed by atoms with Crippen molar-refractivity contribution >= 4 is 11.9 Å². The normalized spacial score (nSPS) is 18.5. The molecule has 1 aromatic rings. The Hall–Kier alpha value is -2.28. The zero-order chi connectivity index (χ0) is 14.0. The van der Waals surface area contributed by atoms with Crippen LogP contribution >= 0.6 is 0 Å². The number of amides is 3. The summed E-state index contributed by atoms with van der Waals surface area (Å²) in [6, 6.07) is 4.48. The zero-order valence-corrected chi connectivity index (χ0v) is 10.5. The molecule has 2 rings (SSSR count). The van der Waals surface area contributed by atoms with Crippen LogP contribution in [0, 0.1) is 0 Å². The van der Waals surface area contributed by atoms with Crippen molar-refractivity contribution in [3.8, 4) is 11.5 Å². The average molecular weight is 266 g/mol. The molecule has 1 aromatic carbocycles. The molecule has 1 atom stereocenters. The molecule has 3 amide bonds. The van der Waals surface area contributed by atoms with E-state index in [1.807, 2.05) is 5.32 Å². The number of imide groups is 1. The number of nitrogens with zero attached hydrogens (tertiary/aromatic N) is 1. The standard InChI is InChI=1S/C12H14N2O5/c1-18-8-4-3-7(5-9(8)19-2)6-14-11(16)10(15)13-12(14)17/h3-5,11,16H,6H2,1-2H3,(H,13,15,17). The highest BCUT2D eigenvalue weighted by molar-refractivity contribution is 6.03. The van der Waals surface area contributed by atoms with Gasteiger partial charge in [-0.2, -0.15) is 0 Å². The van der Waals surface area contributed by atoms with Gasteiger partial charge in [0, 0.05) is 0 Å². The number of rotatable bonds is 4. The van der Waals surface area contributed by atoms with Gasteiger partial charge in [0.1, 0.15) is 0 Å². The van der Waals surface area contributed by atoms with E-state index in [1.54, 1.807) is 18.2 Å². The fourth-order valence-corrected chi connectivity index (χ4v) is 1.83. The van der Waals surface area contributed by atoms with Gasteiger partial charge in [0.2, 0.25) is 6.23 Å². The summed E-state index contributed by atoms with van der Waals surface area (Å²) >= 11 is 0. The number of carbonyl (C=O) groups excluding carboxylic acids is 2. The molecule has 102 valence electrons. The Balaban J connectivity index is 2.20. The molecule has 0 aliphatic carbocycles. The van der Waals surface area contributed by atoms with Crippen LogP contribution in [0.2, 0.25) is 0 Å². The monoisotopic (exact) mass is 266 g/mol. The minimum absolute atomic E-state index is 0.0963. The summed E-state index contributed by atoms with van der Waals surface area (Å²) in [4.78, 5) is 23.6. The first-order chi connectivity index (χ1) is 9.06. The van der Waals surface area contributed by atoms with Crippen molar-refractivity contribution in [3.63, 3.8) is 0 Å². The molecule has 1 fully saturated rings. The Kier molecular flexibility index (Phi) is 3.57. The second-order valence-corrected chi connectivity index (χ2v) is 3.99. The lowest BCUT2D eigenvalue weighted by atomic mass is 10.2. The number of carbonyl (C=O) groups is 2. The molecule has 2 N–H and O–H groups in total. The molecule has 1 unspecified atom stereocenters. The SMILES string of the molecule is COc1ccc(CN2C(=O)NC(=O)C2O)cc1OC. The van der Waals surface area contributed by atoms with E-state index >= 15 is 0 Å². The van der Waals surface area contributed by atoms with Gasteiger partial charge in [-0.05, 0) is 17.7 Å². The second kappa shape index (κ2) is 5.15. The van der Waals surface area contributed by atoms with Gasteiger partial charge in [-0.15, -0.1) is 0 Å². The number of urea groups is 1. The van der Waals surface area contributed by atoms with E-state index in [2.05, 4.69) is 0 Å². The van der Waals surface area contributed by atoms with Crippen molar-refractivity contribution in [1.82, 2.24) is 10.2 Å². The third-order valence-corrected chi connectivity index (χ3v) is 2.82. The Labute approximate surface area is 109 Å². The summed E-state index contributed by atoms with van der Waals surface area (Å²) in [6.07, 6.45) is -1.46. The Morgan fingerprint density at radius 1 is 1.26 bits per heavy atom. The van der Waals surface area contributed by atoms with Crippen LogP contribution in [-0.4, -0.2) is 42.4 Å². The van der Waals surface area contributed by atoms with Crippen molar-refractivity contribution in [3.05, 3.63) is 23.8 Å². The van der Waals surface area contributed by atoms with E-state index < -0.39 is 18.2 Å². The number of nitrogens with one attached hydrogen (secondary N) is 1. The molecule has 0 bridgehead atoms. The van der Waals surface area contributed by atoms with Crippen LogP contribution < -0.4 is 14.8 Å². The zero-order valence-electron chi connectivity index (χ0n) is 10.5. The molecule has 0 spiro atoms. The molecule has 7 heteroatoms. The van der Waals surface area contributed by atoms with Crippen molar-refractivity contribution in [2.75, 3.05) is 14.2 Å². The number of ether oxygens (including phenoxy) is 2. The smallest absolute Gasteiger partial charge is 0.326 e. The van der Waals surface area contributed by atoms with E-state index in [0.717, 1.165) is 4.90 Å². The van der Waals surface area contributed by atoms with Crippen LogP contribution in [0.1, 0.15) is 5.56 Å². The van der Waals surface area contributed by atoms with Gasteiger partial charge in [-0.3, -0.25) is 15.0 Å². The quantitative estimate of drug-likeness (QED) is 0.753. The second-order valence-electron chi connectivity index (χ2n) is 3.99. The van der Waals surface area contributed by atoms with Crippen molar-refractivity contribution in [2.45, 2.75) is 12.8 Å². The number of benzene rings is 1. The first-order valence-corrected chi connectivity index (χ1v) is 5.57. The summed E-state index contributed by atoms with van der Waals surface area (Å²) in [5, 5.41) is 11.6. The molecular formula is C12H14N2O5. The third-order valence-electron chi connectivity index (χ3n) is 2.82. The number of methoxy groups -OCH3 is 2. The summed E-state index contributed by atoms with van der Waals surface area (Å²) < 4.78 is 10.2. The molecule has 0 aromatic heterocycles. The molecule has 7 nitrogen and oxygen atoms in total. The minimum Gasteiger partial charge on any atom is -0.493 e. The average Bonchev–Trinajstić information content (AvgIpc) is 2.65. The largest absolute Gasteiger partial charge is 0.493 e. The Morgan fingerprint density at radius 2 is 1.95 bits per heavy atom. The molecule has 0 saturated carbocycles. The van der Waals surface area contributed by atoms with Gasteiger partial charge >= 0.3 is 6.03 Å². The summed E-state index contributed by atoms with van der Waals surface area (Å²) in [5.41, 5.74) is 0.710. The van der Waals surface area contributed by atoms with Crippen LogP contribution in [-0.2, 0) is 11.3 Å². The first kappa shape index (κ1) is 13.2. The highest BCUT2D eigenvalue weighted by Gasteiger charge is 2.36. The molecule has 1 saturated heterocycles. The number of aliphatic hydroxyl groups is 1. The van der Waals surface area contributed by atoms with Crippen molar-refractivity contribution in [2.24, 2.45) is 0 Å². The molecule has 1 heterocycles. The van der Waals surface area contributed by atoms with Gasteiger partial charge in [0.15, 0.2) is 11.5 Å². The van der Waals surface area contributed by atoms with Crippen LogP contribution in [0.4, 0.5) is 4.79 Å². The fraction of sp³-hybridized carbons (Fsp3) is 0.333. The van der Waals surface area contributed by atoms with Crippen molar-refractivity contribution < 1.29 is 24.2 Å². The molecule has 0 radical (unpaired) electrons. The van der Waals surface area contributed by atoms with Crippen LogP contribution in [0.3, 0.4) is 0 Å². The van der Waals surface area contributed by atoms with Crippen LogP contribution in [0.5, 0.6) is 11.5 Å².